The second-order valence-corrected chi connectivity index (χ2v) is 4.58. The Balaban J connectivity index is 1.77. The van der Waals surface area contributed by atoms with Crippen LogP contribution in [0.1, 0.15) is 6.42 Å². The summed E-state index contributed by atoms with van der Waals surface area (Å²) in [5, 5.41) is 13.5. The largest absolute Gasteiger partial charge is 0.392 e. The number of nitrogens with zero attached hydrogens (tertiary/aromatic N) is 3. The number of β-amino-alcohol motifs (C(OH)–C–C–N with tert-alkyl or cyclic N) is 1. The van der Waals surface area contributed by atoms with Gasteiger partial charge in [-0.15, -0.1) is 0 Å². The van der Waals surface area contributed by atoms with Gasteiger partial charge in [0.15, 0.2) is 0 Å². The SMILES string of the molecule is O[C@H]1CCN(CCn2cc(Br)cn2)C1. The molecule has 1 aromatic heterocycles. The van der Waals surface area contributed by atoms with Crippen molar-refractivity contribution in [2.75, 3.05) is 19.6 Å². The molecule has 1 saturated heterocycles. The molecule has 0 aromatic carbocycles. The van der Waals surface area contributed by atoms with Gasteiger partial charge in [0.05, 0.1) is 23.3 Å². The summed E-state index contributed by atoms with van der Waals surface area (Å²) in [7, 11) is 0. The van der Waals surface area contributed by atoms with Crippen LogP contribution < -0.4 is 0 Å². The highest BCUT2D eigenvalue weighted by molar-refractivity contribution is 9.10. The zero-order chi connectivity index (χ0) is 9.97. The summed E-state index contributed by atoms with van der Waals surface area (Å²) in [5.74, 6) is 0. The Morgan fingerprint density at radius 2 is 2.43 bits per heavy atom. The minimum absolute atomic E-state index is 0.126. The van der Waals surface area contributed by atoms with E-state index >= 15 is 0 Å². The molecule has 2 rings (SSSR count). The first-order valence-corrected chi connectivity index (χ1v) is 5.62. The van der Waals surface area contributed by atoms with Crippen molar-refractivity contribution in [3.63, 3.8) is 0 Å². The molecule has 5 heteroatoms. The first-order valence-electron chi connectivity index (χ1n) is 4.82. The fraction of sp³-hybridized carbons (Fsp3) is 0.667. The molecular weight excluding hydrogens is 246 g/mol. The molecule has 0 aliphatic carbocycles. The predicted molar refractivity (Wildman–Crippen MR) is 57.0 cm³/mol. The Hall–Kier alpha value is -0.390. The highest BCUT2D eigenvalue weighted by atomic mass is 79.9. The van der Waals surface area contributed by atoms with Crippen molar-refractivity contribution in [1.82, 2.24) is 14.7 Å². The van der Waals surface area contributed by atoms with Gasteiger partial charge in [-0.1, -0.05) is 0 Å². The van der Waals surface area contributed by atoms with Gasteiger partial charge in [-0.05, 0) is 22.4 Å². The number of hydrogen-bond donors (Lipinski definition) is 1. The summed E-state index contributed by atoms with van der Waals surface area (Å²) in [6.45, 7) is 3.66. The molecular formula is C9H14BrN3O. The predicted octanol–water partition coefficient (Wildman–Crippen LogP) is 0.712. The molecule has 0 unspecified atom stereocenters. The van der Waals surface area contributed by atoms with Crippen LogP contribution >= 0.6 is 15.9 Å². The molecule has 14 heavy (non-hydrogen) atoms. The van der Waals surface area contributed by atoms with E-state index in [1.165, 1.54) is 0 Å². The Labute approximate surface area is 91.6 Å². The maximum Gasteiger partial charge on any atom is 0.0679 e. The topological polar surface area (TPSA) is 41.3 Å². The van der Waals surface area contributed by atoms with Gasteiger partial charge in [-0.2, -0.15) is 5.10 Å². The maximum absolute atomic E-state index is 9.33. The van der Waals surface area contributed by atoms with Crippen molar-refractivity contribution in [2.24, 2.45) is 0 Å². The van der Waals surface area contributed by atoms with Crippen LogP contribution in [0.4, 0.5) is 0 Å². The third-order valence-electron chi connectivity index (χ3n) is 2.49. The number of rotatable bonds is 3. The summed E-state index contributed by atoms with van der Waals surface area (Å²) in [6.07, 6.45) is 4.54. The molecule has 1 aliphatic rings. The minimum atomic E-state index is -0.126. The fourth-order valence-electron chi connectivity index (χ4n) is 1.72. The second-order valence-electron chi connectivity index (χ2n) is 3.66. The van der Waals surface area contributed by atoms with E-state index in [4.69, 9.17) is 0 Å². The van der Waals surface area contributed by atoms with Gasteiger partial charge >= 0.3 is 0 Å². The number of hydrogen-bond acceptors (Lipinski definition) is 3. The Kier molecular flexibility index (Phi) is 3.20. The van der Waals surface area contributed by atoms with E-state index in [1.54, 1.807) is 6.20 Å². The molecule has 0 amide bonds. The van der Waals surface area contributed by atoms with Crippen LogP contribution in [0.25, 0.3) is 0 Å². The van der Waals surface area contributed by atoms with Crippen molar-refractivity contribution in [3.8, 4) is 0 Å². The molecule has 1 N–H and O–H groups in total. The van der Waals surface area contributed by atoms with Gasteiger partial charge in [0.1, 0.15) is 0 Å². The molecule has 1 fully saturated rings. The number of halogens is 1. The summed E-state index contributed by atoms with van der Waals surface area (Å²) >= 11 is 3.36. The van der Waals surface area contributed by atoms with Gasteiger partial charge in [0.25, 0.3) is 0 Å². The van der Waals surface area contributed by atoms with Gasteiger partial charge in [-0.3, -0.25) is 9.58 Å². The van der Waals surface area contributed by atoms with Crippen molar-refractivity contribution < 1.29 is 5.11 Å². The lowest BCUT2D eigenvalue weighted by Crippen LogP contribution is -2.26. The van der Waals surface area contributed by atoms with Crippen molar-refractivity contribution >= 4 is 15.9 Å². The number of aliphatic hydroxyl groups is 1. The standard InChI is InChI=1S/C9H14BrN3O/c10-8-5-11-13(6-8)4-3-12-2-1-9(14)7-12/h5-6,9,14H,1-4,7H2/t9-/m0/s1. The van der Waals surface area contributed by atoms with E-state index in [0.29, 0.717) is 0 Å². The van der Waals surface area contributed by atoms with Gasteiger partial charge in [0.2, 0.25) is 0 Å². The lowest BCUT2D eigenvalue weighted by Gasteiger charge is -2.14. The smallest absolute Gasteiger partial charge is 0.0679 e. The van der Waals surface area contributed by atoms with Crippen LogP contribution in [0, 0.1) is 0 Å². The molecule has 78 valence electrons. The van der Waals surface area contributed by atoms with Crippen LogP contribution in [-0.2, 0) is 6.54 Å². The van der Waals surface area contributed by atoms with Gasteiger partial charge in [-0.25, -0.2) is 0 Å². The molecule has 2 heterocycles. The molecule has 0 bridgehead atoms. The molecule has 0 radical (unpaired) electrons. The highest BCUT2D eigenvalue weighted by Gasteiger charge is 2.19. The van der Waals surface area contributed by atoms with Crippen LogP contribution in [0.15, 0.2) is 16.9 Å². The number of aromatic nitrogens is 2. The van der Waals surface area contributed by atoms with Gasteiger partial charge < -0.3 is 5.11 Å². The Morgan fingerprint density at radius 3 is 3.00 bits per heavy atom. The van der Waals surface area contributed by atoms with E-state index in [0.717, 1.165) is 37.1 Å². The average molecular weight is 260 g/mol. The number of likely N-dealkylation sites (tertiary alicyclic amines) is 1. The van der Waals surface area contributed by atoms with Gasteiger partial charge in [0, 0.05) is 25.8 Å². The minimum Gasteiger partial charge on any atom is -0.392 e. The van der Waals surface area contributed by atoms with Crippen LogP contribution in [0.5, 0.6) is 0 Å². The van der Waals surface area contributed by atoms with Crippen LogP contribution in [-0.4, -0.2) is 45.5 Å². The van der Waals surface area contributed by atoms with Crippen molar-refractivity contribution in [1.29, 1.82) is 0 Å². The maximum atomic E-state index is 9.33. The summed E-state index contributed by atoms with van der Waals surface area (Å²) < 4.78 is 2.92. The van der Waals surface area contributed by atoms with E-state index in [1.807, 2.05) is 10.9 Å². The highest BCUT2D eigenvalue weighted by Crippen LogP contribution is 2.09. The first kappa shape index (κ1) is 10.1. The van der Waals surface area contributed by atoms with Crippen molar-refractivity contribution in [3.05, 3.63) is 16.9 Å². The third kappa shape index (κ3) is 2.56. The zero-order valence-electron chi connectivity index (χ0n) is 7.93. The Morgan fingerprint density at radius 1 is 1.57 bits per heavy atom. The molecule has 0 spiro atoms. The molecule has 4 nitrogen and oxygen atoms in total. The van der Waals surface area contributed by atoms with Crippen LogP contribution in [0.3, 0.4) is 0 Å². The Bertz CT molecular complexity index is 302. The number of aliphatic hydroxyl groups excluding tert-OH is 1. The van der Waals surface area contributed by atoms with E-state index in [9.17, 15) is 5.11 Å². The quantitative estimate of drug-likeness (QED) is 0.870. The summed E-state index contributed by atoms with van der Waals surface area (Å²) in [5.41, 5.74) is 0. The van der Waals surface area contributed by atoms with E-state index < -0.39 is 0 Å². The molecule has 1 atom stereocenters. The van der Waals surface area contributed by atoms with E-state index in [2.05, 4.69) is 25.9 Å². The van der Waals surface area contributed by atoms with E-state index in [-0.39, 0.29) is 6.10 Å². The lowest BCUT2D eigenvalue weighted by atomic mass is 10.3. The summed E-state index contributed by atoms with van der Waals surface area (Å²) in [6, 6.07) is 0. The molecule has 0 saturated carbocycles. The first-order chi connectivity index (χ1) is 6.74. The monoisotopic (exact) mass is 259 g/mol. The summed E-state index contributed by atoms with van der Waals surface area (Å²) in [4.78, 5) is 2.26. The zero-order valence-corrected chi connectivity index (χ0v) is 9.52. The fourth-order valence-corrected chi connectivity index (χ4v) is 2.05. The average Bonchev–Trinajstić information content (AvgIpc) is 2.72. The lowest BCUT2D eigenvalue weighted by molar-refractivity contribution is 0.174. The molecule has 1 aliphatic heterocycles. The second kappa shape index (κ2) is 4.42. The van der Waals surface area contributed by atoms with Crippen molar-refractivity contribution in [2.45, 2.75) is 19.1 Å². The molecule has 1 aromatic rings. The normalized spacial score (nSPS) is 23.1. The van der Waals surface area contributed by atoms with Crippen LogP contribution in [0.2, 0.25) is 0 Å². The third-order valence-corrected chi connectivity index (χ3v) is 2.90.